The number of ether oxygens (including phenoxy) is 1. The van der Waals surface area contributed by atoms with E-state index in [0.717, 1.165) is 38.3 Å². The van der Waals surface area contributed by atoms with E-state index in [1.54, 1.807) is 0 Å². The summed E-state index contributed by atoms with van der Waals surface area (Å²) in [6.07, 6.45) is 2.58. The average molecular weight is 262 g/mol. The molecule has 0 spiro atoms. The molecule has 1 heterocycles. The lowest BCUT2D eigenvalue weighted by Gasteiger charge is -2.30. The second kappa shape index (κ2) is 7.14. The summed E-state index contributed by atoms with van der Waals surface area (Å²) >= 11 is 0. The fraction of sp³-hybridized carbons (Fsp3) is 0.533. The second-order valence-electron chi connectivity index (χ2n) is 4.98. The molecule has 0 saturated carbocycles. The number of hydrogen-bond acceptors (Lipinski definition) is 3. The molecular formula is C15H22N2O2. The van der Waals surface area contributed by atoms with Gasteiger partial charge in [0.1, 0.15) is 5.75 Å². The molecule has 19 heavy (non-hydrogen) atoms. The fourth-order valence-corrected chi connectivity index (χ4v) is 2.26. The highest BCUT2D eigenvalue weighted by Gasteiger charge is 2.21. The highest BCUT2D eigenvalue weighted by Crippen LogP contribution is 2.10. The Morgan fingerprint density at radius 1 is 1.37 bits per heavy atom. The fourth-order valence-electron chi connectivity index (χ4n) is 2.26. The van der Waals surface area contributed by atoms with Crippen LogP contribution in [0.25, 0.3) is 0 Å². The maximum Gasteiger partial charge on any atom is 0.222 e. The summed E-state index contributed by atoms with van der Waals surface area (Å²) in [4.78, 5) is 13.2. The molecule has 1 atom stereocenters. The maximum atomic E-state index is 11.4. The molecule has 0 bridgehead atoms. The summed E-state index contributed by atoms with van der Waals surface area (Å²) < 4.78 is 5.63. The van der Waals surface area contributed by atoms with Crippen molar-refractivity contribution in [2.75, 3.05) is 26.7 Å². The van der Waals surface area contributed by atoms with Crippen LogP contribution in [0.2, 0.25) is 0 Å². The van der Waals surface area contributed by atoms with Gasteiger partial charge in [-0.05, 0) is 31.5 Å². The summed E-state index contributed by atoms with van der Waals surface area (Å²) in [7, 11) is 1.87. The molecule has 1 aliphatic rings. The van der Waals surface area contributed by atoms with E-state index in [2.05, 4.69) is 5.32 Å². The molecule has 1 aromatic carbocycles. The van der Waals surface area contributed by atoms with E-state index in [1.165, 1.54) is 0 Å². The second-order valence-corrected chi connectivity index (χ2v) is 4.98. The number of amides is 1. The van der Waals surface area contributed by atoms with Crippen LogP contribution in [0, 0.1) is 0 Å². The van der Waals surface area contributed by atoms with Gasteiger partial charge in [-0.25, -0.2) is 0 Å². The third-order valence-electron chi connectivity index (χ3n) is 3.39. The predicted molar refractivity (Wildman–Crippen MR) is 75.2 cm³/mol. The van der Waals surface area contributed by atoms with Gasteiger partial charge in [0.2, 0.25) is 5.91 Å². The molecule has 0 aromatic heterocycles. The lowest BCUT2D eigenvalue weighted by molar-refractivity contribution is -0.132. The van der Waals surface area contributed by atoms with Crippen LogP contribution in [0.15, 0.2) is 30.3 Å². The van der Waals surface area contributed by atoms with Gasteiger partial charge in [0.25, 0.3) is 0 Å². The Morgan fingerprint density at radius 2 is 2.16 bits per heavy atom. The Hall–Kier alpha value is -1.55. The number of hydrogen-bond donors (Lipinski definition) is 1. The zero-order chi connectivity index (χ0) is 13.5. The van der Waals surface area contributed by atoms with Crippen LogP contribution >= 0.6 is 0 Å². The third-order valence-corrected chi connectivity index (χ3v) is 3.39. The van der Waals surface area contributed by atoms with Crippen molar-refractivity contribution < 1.29 is 9.53 Å². The minimum absolute atomic E-state index is 0.255. The van der Waals surface area contributed by atoms with Gasteiger partial charge in [0.15, 0.2) is 0 Å². The van der Waals surface area contributed by atoms with E-state index in [1.807, 2.05) is 42.3 Å². The van der Waals surface area contributed by atoms with Gasteiger partial charge in [-0.1, -0.05) is 18.2 Å². The van der Waals surface area contributed by atoms with Crippen molar-refractivity contribution in [3.8, 4) is 5.75 Å². The summed E-state index contributed by atoms with van der Waals surface area (Å²) in [5.41, 5.74) is 0. The van der Waals surface area contributed by atoms with Gasteiger partial charge in [-0.3, -0.25) is 4.79 Å². The molecule has 1 fully saturated rings. The van der Waals surface area contributed by atoms with Crippen LogP contribution in [0.1, 0.15) is 19.3 Å². The normalized spacial score (nSPS) is 19.5. The average Bonchev–Trinajstić information content (AvgIpc) is 2.43. The van der Waals surface area contributed by atoms with Gasteiger partial charge in [0, 0.05) is 26.1 Å². The first-order chi connectivity index (χ1) is 9.25. The zero-order valence-electron chi connectivity index (χ0n) is 11.5. The third kappa shape index (κ3) is 4.56. The monoisotopic (exact) mass is 262 g/mol. The number of benzene rings is 1. The number of likely N-dealkylation sites (tertiary alicyclic amines) is 1. The summed E-state index contributed by atoms with van der Waals surface area (Å²) in [6, 6.07) is 10.3. The Labute approximate surface area is 114 Å². The van der Waals surface area contributed by atoms with E-state index in [9.17, 15) is 4.79 Å². The predicted octanol–water partition coefficient (Wildman–Crippen LogP) is 1.67. The number of likely N-dealkylation sites (N-methyl/N-ethyl adjacent to an activating group) is 1. The zero-order valence-corrected chi connectivity index (χ0v) is 11.5. The van der Waals surface area contributed by atoms with Gasteiger partial charge in [-0.2, -0.15) is 0 Å². The molecule has 0 aliphatic carbocycles. The van der Waals surface area contributed by atoms with Crippen molar-refractivity contribution >= 4 is 5.91 Å². The maximum absolute atomic E-state index is 11.4. The number of carbonyl (C=O) groups is 1. The van der Waals surface area contributed by atoms with Gasteiger partial charge >= 0.3 is 0 Å². The van der Waals surface area contributed by atoms with E-state index in [-0.39, 0.29) is 5.91 Å². The first kappa shape index (κ1) is 13.9. The van der Waals surface area contributed by atoms with Crippen LogP contribution in [0.5, 0.6) is 5.75 Å². The standard InChI is InChI=1S/C15H22N2O2/c1-17-12-13(8-9-15(17)18)16-10-5-11-19-14-6-3-2-4-7-14/h2-4,6-7,13,16H,5,8-12H2,1H3. The quantitative estimate of drug-likeness (QED) is 0.793. The molecule has 1 amide bonds. The molecule has 104 valence electrons. The Kier molecular flexibility index (Phi) is 5.21. The summed E-state index contributed by atoms with van der Waals surface area (Å²) in [6.45, 7) is 2.47. The molecule has 0 radical (unpaired) electrons. The lowest BCUT2D eigenvalue weighted by atomic mass is 10.1. The van der Waals surface area contributed by atoms with Crippen LogP contribution < -0.4 is 10.1 Å². The number of nitrogens with one attached hydrogen (secondary N) is 1. The van der Waals surface area contributed by atoms with Gasteiger partial charge in [0.05, 0.1) is 6.61 Å². The minimum atomic E-state index is 0.255. The molecule has 1 unspecified atom stereocenters. The molecule has 1 aliphatic heterocycles. The first-order valence-electron chi connectivity index (χ1n) is 6.91. The molecule has 1 aromatic rings. The van der Waals surface area contributed by atoms with Crippen LogP contribution in [0.3, 0.4) is 0 Å². The van der Waals surface area contributed by atoms with Crippen molar-refractivity contribution in [2.24, 2.45) is 0 Å². The lowest BCUT2D eigenvalue weighted by Crippen LogP contribution is -2.46. The van der Waals surface area contributed by atoms with Crippen LogP contribution in [0.4, 0.5) is 0 Å². The van der Waals surface area contributed by atoms with Crippen molar-refractivity contribution in [1.82, 2.24) is 10.2 Å². The van der Waals surface area contributed by atoms with E-state index >= 15 is 0 Å². The smallest absolute Gasteiger partial charge is 0.222 e. The van der Waals surface area contributed by atoms with E-state index in [0.29, 0.717) is 12.5 Å². The van der Waals surface area contributed by atoms with E-state index in [4.69, 9.17) is 4.74 Å². The van der Waals surface area contributed by atoms with Gasteiger partial charge < -0.3 is 15.0 Å². The Balaban J connectivity index is 1.56. The first-order valence-corrected chi connectivity index (χ1v) is 6.91. The van der Waals surface area contributed by atoms with Gasteiger partial charge in [-0.15, -0.1) is 0 Å². The molecular weight excluding hydrogens is 240 g/mol. The number of nitrogens with zero attached hydrogens (tertiary/aromatic N) is 1. The summed E-state index contributed by atoms with van der Waals surface area (Å²) in [5.74, 6) is 1.18. The van der Waals surface area contributed by atoms with Crippen molar-refractivity contribution in [3.05, 3.63) is 30.3 Å². The number of piperidine rings is 1. The SMILES string of the molecule is CN1CC(NCCCOc2ccccc2)CCC1=O. The van der Waals surface area contributed by atoms with Crippen LogP contribution in [-0.2, 0) is 4.79 Å². The highest BCUT2D eigenvalue weighted by molar-refractivity contribution is 5.76. The number of rotatable bonds is 6. The number of para-hydroxylation sites is 1. The number of carbonyl (C=O) groups excluding carboxylic acids is 1. The van der Waals surface area contributed by atoms with Crippen molar-refractivity contribution in [2.45, 2.75) is 25.3 Å². The molecule has 1 saturated heterocycles. The summed E-state index contributed by atoms with van der Waals surface area (Å²) in [5, 5.41) is 3.48. The Morgan fingerprint density at radius 3 is 2.89 bits per heavy atom. The molecule has 4 heteroatoms. The molecule has 2 rings (SSSR count). The minimum Gasteiger partial charge on any atom is -0.494 e. The Bertz CT molecular complexity index is 394. The topological polar surface area (TPSA) is 41.6 Å². The van der Waals surface area contributed by atoms with Crippen molar-refractivity contribution in [3.63, 3.8) is 0 Å². The highest BCUT2D eigenvalue weighted by atomic mass is 16.5. The largest absolute Gasteiger partial charge is 0.494 e. The van der Waals surface area contributed by atoms with E-state index < -0.39 is 0 Å². The van der Waals surface area contributed by atoms with Crippen molar-refractivity contribution in [1.29, 1.82) is 0 Å². The van der Waals surface area contributed by atoms with Crippen LogP contribution in [-0.4, -0.2) is 43.6 Å². The molecule has 4 nitrogen and oxygen atoms in total. The molecule has 1 N–H and O–H groups in total.